The molecule has 4 rings (SSSR count). The molecule has 0 saturated carbocycles. The van der Waals surface area contributed by atoms with Crippen LogP contribution in [0, 0.1) is 17.8 Å². The predicted molar refractivity (Wildman–Crippen MR) is 119 cm³/mol. The molecule has 3 saturated heterocycles. The van der Waals surface area contributed by atoms with Gasteiger partial charge < -0.3 is 20.6 Å². The molecule has 3 amide bonds. The minimum Gasteiger partial charge on any atom is -0.394 e. The average Bonchev–Trinajstić information content (AvgIpc) is 3.37. The molecule has 0 aliphatic carbocycles. The number of fused-ring (bicyclic) bond motifs is 1. The molecule has 1 aromatic carbocycles. The number of carbonyl (C=O) groups is 3. The molecule has 3 fully saturated rings. The van der Waals surface area contributed by atoms with Crippen molar-refractivity contribution in [2.24, 2.45) is 17.8 Å². The van der Waals surface area contributed by atoms with Crippen LogP contribution in [0.3, 0.4) is 0 Å². The van der Waals surface area contributed by atoms with Crippen LogP contribution in [-0.2, 0) is 20.9 Å². The van der Waals surface area contributed by atoms with Crippen LogP contribution in [0.25, 0.3) is 0 Å². The zero-order valence-corrected chi connectivity index (χ0v) is 19.0. The highest BCUT2D eigenvalue weighted by molar-refractivity contribution is 8.02. The highest BCUT2D eigenvalue weighted by atomic mass is 32.2. The van der Waals surface area contributed by atoms with E-state index in [4.69, 9.17) is 0 Å². The lowest BCUT2D eigenvalue weighted by Gasteiger charge is -2.40. The molecule has 7 nitrogen and oxygen atoms in total. The first-order valence-corrected chi connectivity index (χ1v) is 11.9. The van der Waals surface area contributed by atoms with E-state index in [2.05, 4.69) is 17.6 Å². The third-order valence-corrected chi connectivity index (χ3v) is 9.44. The second kappa shape index (κ2) is 8.47. The first-order valence-electron chi connectivity index (χ1n) is 11.0. The molecular weight excluding hydrogens is 414 g/mol. The molecule has 2 bridgehead atoms. The summed E-state index contributed by atoms with van der Waals surface area (Å²) in [4.78, 5) is 41.7. The van der Waals surface area contributed by atoms with Crippen LogP contribution < -0.4 is 10.6 Å². The fourth-order valence-electron chi connectivity index (χ4n) is 5.91. The Labute approximate surface area is 187 Å². The van der Waals surface area contributed by atoms with Gasteiger partial charge in [-0.25, -0.2) is 0 Å². The van der Waals surface area contributed by atoms with E-state index >= 15 is 0 Å². The van der Waals surface area contributed by atoms with Crippen molar-refractivity contribution in [3.05, 3.63) is 35.9 Å². The van der Waals surface area contributed by atoms with E-state index in [1.807, 2.05) is 37.3 Å². The number of likely N-dealkylation sites (tertiary alicyclic amines) is 1. The third-order valence-electron chi connectivity index (χ3n) is 7.37. The van der Waals surface area contributed by atoms with E-state index < -0.39 is 28.7 Å². The summed E-state index contributed by atoms with van der Waals surface area (Å²) in [5, 5.41) is 15.8. The summed E-state index contributed by atoms with van der Waals surface area (Å²) in [6.07, 6.45) is 1.35. The van der Waals surface area contributed by atoms with Gasteiger partial charge in [-0.05, 0) is 24.3 Å². The summed E-state index contributed by atoms with van der Waals surface area (Å²) in [5.41, 5.74) is 0.981. The molecule has 3 unspecified atom stereocenters. The number of benzene rings is 1. The van der Waals surface area contributed by atoms with Gasteiger partial charge in [0.25, 0.3) is 0 Å². The molecule has 7 atom stereocenters. The number of nitrogens with one attached hydrogen (secondary N) is 2. The Bertz CT molecular complexity index is 862. The van der Waals surface area contributed by atoms with Crippen LogP contribution in [0.5, 0.6) is 0 Å². The Morgan fingerprint density at radius 3 is 2.61 bits per heavy atom. The molecule has 1 spiro atoms. The summed E-state index contributed by atoms with van der Waals surface area (Å²) >= 11 is 1.65. The number of rotatable bonds is 7. The molecule has 3 N–H and O–H groups in total. The molecular formula is C23H31N3O4S. The minimum absolute atomic E-state index is 0.0321. The monoisotopic (exact) mass is 445 g/mol. The zero-order valence-electron chi connectivity index (χ0n) is 18.2. The van der Waals surface area contributed by atoms with Crippen LogP contribution in [0.15, 0.2) is 30.3 Å². The van der Waals surface area contributed by atoms with Crippen LogP contribution in [0.2, 0.25) is 0 Å². The van der Waals surface area contributed by atoms with E-state index in [1.165, 1.54) is 0 Å². The van der Waals surface area contributed by atoms with Gasteiger partial charge in [0, 0.05) is 18.8 Å². The van der Waals surface area contributed by atoms with Gasteiger partial charge in [-0.2, -0.15) is 0 Å². The number of hydrogen-bond acceptors (Lipinski definition) is 5. The topological polar surface area (TPSA) is 98.7 Å². The Morgan fingerprint density at radius 1 is 1.29 bits per heavy atom. The van der Waals surface area contributed by atoms with Crippen molar-refractivity contribution in [1.29, 1.82) is 0 Å². The number of nitrogens with zero attached hydrogens (tertiary/aromatic N) is 1. The fraction of sp³-hybridized carbons (Fsp3) is 0.609. The number of aliphatic hydroxyl groups is 1. The van der Waals surface area contributed by atoms with Crippen molar-refractivity contribution in [2.75, 3.05) is 13.7 Å². The molecule has 1 aromatic rings. The molecule has 168 valence electrons. The summed E-state index contributed by atoms with van der Waals surface area (Å²) in [5.74, 6) is -1.37. The maximum absolute atomic E-state index is 13.7. The Kier molecular flexibility index (Phi) is 6.05. The quantitative estimate of drug-likeness (QED) is 0.585. The number of thioether (sulfide) groups is 1. The zero-order chi connectivity index (χ0) is 22.3. The Morgan fingerprint density at radius 2 is 2.00 bits per heavy atom. The van der Waals surface area contributed by atoms with Gasteiger partial charge >= 0.3 is 0 Å². The molecule has 3 aliphatic rings. The van der Waals surface area contributed by atoms with Gasteiger partial charge in [0.05, 0.1) is 29.2 Å². The molecule has 8 heteroatoms. The molecule has 0 radical (unpaired) electrons. The highest BCUT2D eigenvalue weighted by Crippen LogP contribution is 2.68. The number of hydrogen-bond donors (Lipinski definition) is 3. The van der Waals surface area contributed by atoms with Crippen molar-refractivity contribution in [2.45, 2.75) is 55.3 Å². The van der Waals surface area contributed by atoms with E-state index in [0.717, 1.165) is 12.0 Å². The first-order chi connectivity index (χ1) is 14.9. The molecule has 3 aliphatic heterocycles. The summed E-state index contributed by atoms with van der Waals surface area (Å²) in [6, 6.07) is 8.51. The van der Waals surface area contributed by atoms with Crippen LogP contribution in [-0.4, -0.2) is 63.5 Å². The van der Waals surface area contributed by atoms with Gasteiger partial charge in [-0.3, -0.25) is 14.4 Å². The Hall–Kier alpha value is -2.06. The predicted octanol–water partition coefficient (Wildman–Crippen LogP) is 1.16. The number of amides is 3. The summed E-state index contributed by atoms with van der Waals surface area (Å²) in [7, 11) is 1.60. The third kappa shape index (κ3) is 3.26. The maximum Gasteiger partial charge on any atom is 0.244 e. The standard InChI is InChI=1S/C23H31N3O4S/c1-4-15(12-27)26-19(21(29)25-11-14-8-6-5-7-9-14)23-13(2)10-16(31-23)17(20(28)24-3)18(23)22(26)30/h5-9,13,15-19,27H,4,10-12H2,1-3H3,(H,24,28)(H,25,29)/t13?,15-,16-,17+,18-,19?,23?/m0/s1. The highest BCUT2D eigenvalue weighted by Gasteiger charge is 2.76. The van der Waals surface area contributed by atoms with Crippen molar-refractivity contribution >= 4 is 29.5 Å². The molecule has 31 heavy (non-hydrogen) atoms. The van der Waals surface area contributed by atoms with Crippen molar-refractivity contribution < 1.29 is 19.5 Å². The van der Waals surface area contributed by atoms with Crippen LogP contribution in [0.1, 0.15) is 32.3 Å². The second-order valence-corrected chi connectivity index (χ2v) is 10.4. The van der Waals surface area contributed by atoms with Crippen molar-refractivity contribution in [3.63, 3.8) is 0 Å². The van der Waals surface area contributed by atoms with E-state index in [-0.39, 0.29) is 35.5 Å². The summed E-state index contributed by atoms with van der Waals surface area (Å²) in [6.45, 7) is 4.16. The van der Waals surface area contributed by atoms with Gasteiger partial charge in [-0.1, -0.05) is 44.2 Å². The normalized spacial score (nSPS) is 34.5. The first kappa shape index (κ1) is 22.1. The van der Waals surface area contributed by atoms with Crippen LogP contribution in [0.4, 0.5) is 0 Å². The van der Waals surface area contributed by atoms with Gasteiger partial charge in [0.2, 0.25) is 17.7 Å². The lowest BCUT2D eigenvalue weighted by Crippen LogP contribution is -2.58. The van der Waals surface area contributed by atoms with Gasteiger partial charge in [-0.15, -0.1) is 11.8 Å². The second-order valence-electron chi connectivity index (χ2n) is 8.86. The van der Waals surface area contributed by atoms with E-state index in [9.17, 15) is 19.5 Å². The van der Waals surface area contributed by atoms with E-state index in [0.29, 0.717) is 13.0 Å². The summed E-state index contributed by atoms with van der Waals surface area (Å²) < 4.78 is -0.651. The van der Waals surface area contributed by atoms with Crippen molar-refractivity contribution in [3.8, 4) is 0 Å². The lowest BCUT2D eigenvalue weighted by atomic mass is 9.66. The number of aliphatic hydroxyl groups excluding tert-OH is 1. The van der Waals surface area contributed by atoms with Crippen molar-refractivity contribution in [1.82, 2.24) is 15.5 Å². The number of carbonyl (C=O) groups excluding carboxylic acids is 3. The average molecular weight is 446 g/mol. The maximum atomic E-state index is 13.7. The largest absolute Gasteiger partial charge is 0.394 e. The van der Waals surface area contributed by atoms with Crippen LogP contribution >= 0.6 is 11.8 Å². The van der Waals surface area contributed by atoms with E-state index in [1.54, 1.807) is 23.7 Å². The smallest absolute Gasteiger partial charge is 0.244 e. The molecule has 0 aromatic heterocycles. The van der Waals surface area contributed by atoms with Gasteiger partial charge in [0.1, 0.15) is 6.04 Å². The lowest BCUT2D eigenvalue weighted by molar-refractivity contribution is -0.142. The molecule has 3 heterocycles. The SMILES string of the molecule is CC[C@@H](CO)N1C(=O)[C@@H]2[C@H](C(=O)NC)[C@@H]3CC(C)C2(S3)C1C(=O)NCc1ccccc1. The fourth-order valence-corrected chi connectivity index (χ4v) is 8.32. The Balaban J connectivity index is 1.72. The minimum atomic E-state index is -0.703. The van der Waals surface area contributed by atoms with Gasteiger partial charge in [0.15, 0.2) is 0 Å².